The number of nitrogens with zero attached hydrogens (tertiary/aromatic N) is 3. The molecule has 1 saturated heterocycles. The van der Waals surface area contributed by atoms with Crippen molar-refractivity contribution >= 4 is 40.6 Å². The van der Waals surface area contributed by atoms with E-state index in [-0.39, 0.29) is 11.8 Å². The van der Waals surface area contributed by atoms with E-state index in [4.69, 9.17) is 4.74 Å². The maximum absolute atomic E-state index is 12.5. The number of anilines is 1. The van der Waals surface area contributed by atoms with Gasteiger partial charge in [0.2, 0.25) is 5.91 Å². The number of aromatic nitrogens is 1. The predicted molar refractivity (Wildman–Crippen MR) is 97.2 cm³/mol. The Bertz CT molecular complexity index is 802. The van der Waals surface area contributed by atoms with Gasteiger partial charge >= 0.3 is 0 Å². The zero-order valence-electron chi connectivity index (χ0n) is 13.5. The van der Waals surface area contributed by atoms with E-state index in [0.717, 1.165) is 15.6 Å². The minimum Gasteiger partial charge on any atom is -0.378 e. The normalized spacial score (nSPS) is 17.5. The Kier molecular flexibility index (Phi) is 4.74. The number of carbonyl (C=O) groups excluding carboxylic acids is 2. The van der Waals surface area contributed by atoms with Crippen LogP contribution < -0.4 is 4.90 Å². The first-order chi connectivity index (χ1) is 12.2. The van der Waals surface area contributed by atoms with Crippen molar-refractivity contribution in [2.45, 2.75) is 11.4 Å². The van der Waals surface area contributed by atoms with Crippen LogP contribution in [0.1, 0.15) is 15.5 Å². The number of fused-ring (bicyclic) bond motifs is 1. The summed E-state index contributed by atoms with van der Waals surface area (Å²) in [6.45, 7) is 2.73. The van der Waals surface area contributed by atoms with Crippen molar-refractivity contribution in [2.75, 3.05) is 37.0 Å². The molecule has 0 atom stereocenters. The SMILES string of the molecule is O=C(c1csc(CN2C(=O)CSc3ccccc32)n1)N1CCOCC1. The summed E-state index contributed by atoms with van der Waals surface area (Å²) in [6.07, 6.45) is 0. The molecule has 2 aromatic rings. The molecule has 3 heterocycles. The molecule has 1 aromatic heterocycles. The minimum atomic E-state index is -0.0632. The van der Waals surface area contributed by atoms with E-state index < -0.39 is 0 Å². The highest BCUT2D eigenvalue weighted by Gasteiger charge is 2.26. The van der Waals surface area contributed by atoms with E-state index in [1.807, 2.05) is 24.3 Å². The smallest absolute Gasteiger partial charge is 0.273 e. The topological polar surface area (TPSA) is 62.7 Å². The van der Waals surface area contributed by atoms with E-state index in [0.29, 0.717) is 44.3 Å². The molecule has 2 aliphatic rings. The number of morpholine rings is 1. The molecule has 0 radical (unpaired) electrons. The van der Waals surface area contributed by atoms with E-state index in [1.165, 1.54) is 11.3 Å². The summed E-state index contributed by atoms with van der Waals surface area (Å²) in [5, 5.41) is 2.55. The maximum Gasteiger partial charge on any atom is 0.273 e. The van der Waals surface area contributed by atoms with Gasteiger partial charge in [-0.2, -0.15) is 0 Å². The van der Waals surface area contributed by atoms with Crippen LogP contribution in [0.25, 0.3) is 0 Å². The fraction of sp³-hybridized carbons (Fsp3) is 0.353. The van der Waals surface area contributed by atoms with Gasteiger partial charge in [0, 0.05) is 23.4 Å². The summed E-state index contributed by atoms with van der Waals surface area (Å²) < 4.78 is 5.28. The Labute approximate surface area is 153 Å². The van der Waals surface area contributed by atoms with E-state index in [1.54, 1.807) is 26.9 Å². The number of ether oxygens (including phenoxy) is 1. The average molecular weight is 375 g/mol. The van der Waals surface area contributed by atoms with Crippen LogP contribution in [0.3, 0.4) is 0 Å². The first-order valence-electron chi connectivity index (χ1n) is 8.06. The van der Waals surface area contributed by atoms with Crippen LogP contribution in [0.5, 0.6) is 0 Å². The van der Waals surface area contributed by atoms with Crippen LogP contribution in [0.15, 0.2) is 34.5 Å². The number of amides is 2. The summed E-state index contributed by atoms with van der Waals surface area (Å²) in [7, 11) is 0. The fourth-order valence-corrected chi connectivity index (χ4v) is 4.56. The molecule has 25 heavy (non-hydrogen) atoms. The van der Waals surface area contributed by atoms with Gasteiger partial charge in [-0.25, -0.2) is 4.98 Å². The van der Waals surface area contributed by atoms with Crippen molar-refractivity contribution in [2.24, 2.45) is 0 Å². The summed E-state index contributed by atoms with van der Waals surface area (Å²) in [6, 6.07) is 7.88. The van der Waals surface area contributed by atoms with Gasteiger partial charge in [0.25, 0.3) is 5.91 Å². The Hall–Kier alpha value is -1.90. The van der Waals surface area contributed by atoms with Crippen molar-refractivity contribution in [3.05, 3.63) is 40.3 Å². The number of benzene rings is 1. The van der Waals surface area contributed by atoms with Crippen LogP contribution in [-0.2, 0) is 16.1 Å². The minimum absolute atomic E-state index is 0.0632. The highest BCUT2D eigenvalue weighted by molar-refractivity contribution is 8.00. The van der Waals surface area contributed by atoms with Crippen molar-refractivity contribution < 1.29 is 14.3 Å². The van der Waals surface area contributed by atoms with Gasteiger partial charge in [0.05, 0.1) is 31.2 Å². The van der Waals surface area contributed by atoms with Gasteiger partial charge < -0.3 is 14.5 Å². The zero-order valence-corrected chi connectivity index (χ0v) is 15.1. The van der Waals surface area contributed by atoms with E-state index in [9.17, 15) is 9.59 Å². The lowest BCUT2D eigenvalue weighted by molar-refractivity contribution is -0.116. The summed E-state index contributed by atoms with van der Waals surface area (Å²) in [5.41, 5.74) is 1.37. The van der Waals surface area contributed by atoms with Gasteiger partial charge in [-0.3, -0.25) is 9.59 Å². The number of hydrogen-bond donors (Lipinski definition) is 0. The molecule has 2 aliphatic heterocycles. The summed E-state index contributed by atoms with van der Waals surface area (Å²) in [5.74, 6) is 0.439. The Morgan fingerprint density at radius 2 is 2.04 bits per heavy atom. The summed E-state index contributed by atoms with van der Waals surface area (Å²) in [4.78, 5) is 33.9. The predicted octanol–water partition coefficient (Wildman–Crippen LogP) is 2.25. The van der Waals surface area contributed by atoms with E-state index >= 15 is 0 Å². The first kappa shape index (κ1) is 16.6. The number of thioether (sulfide) groups is 1. The third-order valence-electron chi connectivity index (χ3n) is 4.17. The number of rotatable bonds is 3. The van der Waals surface area contributed by atoms with E-state index in [2.05, 4.69) is 4.98 Å². The molecule has 8 heteroatoms. The third kappa shape index (κ3) is 3.42. The molecule has 0 spiro atoms. The second-order valence-corrected chi connectivity index (χ2v) is 7.73. The number of para-hydroxylation sites is 1. The van der Waals surface area contributed by atoms with Crippen molar-refractivity contribution in [3.63, 3.8) is 0 Å². The van der Waals surface area contributed by atoms with Crippen molar-refractivity contribution in [3.8, 4) is 0 Å². The number of thiazole rings is 1. The first-order valence-corrected chi connectivity index (χ1v) is 9.92. The van der Waals surface area contributed by atoms with Crippen LogP contribution in [0.4, 0.5) is 5.69 Å². The summed E-state index contributed by atoms with van der Waals surface area (Å²) >= 11 is 2.98. The standard InChI is InChI=1S/C17H17N3O3S2/c21-16-11-24-14-4-2-1-3-13(14)20(16)9-15-18-12(10-25-15)17(22)19-5-7-23-8-6-19/h1-4,10H,5-9,11H2. The second-order valence-electron chi connectivity index (χ2n) is 5.77. The maximum atomic E-state index is 12.5. The highest BCUT2D eigenvalue weighted by Crippen LogP contribution is 2.36. The third-order valence-corrected chi connectivity index (χ3v) is 6.05. The lowest BCUT2D eigenvalue weighted by atomic mass is 10.2. The monoisotopic (exact) mass is 375 g/mol. The molecule has 4 rings (SSSR count). The molecule has 1 fully saturated rings. The molecule has 2 amide bonds. The number of carbonyl (C=O) groups is 2. The Morgan fingerprint density at radius 3 is 2.88 bits per heavy atom. The second kappa shape index (κ2) is 7.15. The Balaban J connectivity index is 1.51. The molecule has 0 unspecified atom stereocenters. The Morgan fingerprint density at radius 1 is 1.24 bits per heavy atom. The van der Waals surface area contributed by atoms with Crippen molar-refractivity contribution in [1.29, 1.82) is 0 Å². The van der Waals surface area contributed by atoms with Crippen molar-refractivity contribution in [1.82, 2.24) is 9.88 Å². The van der Waals surface area contributed by atoms with Gasteiger partial charge in [0.15, 0.2) is 0 Å². The molecule has 0 saturated carbocycles. The molecule has 1 aromatic carbocycles. The molecule has 0 bridgehead atoms. The van der Waals surface area contributed by atoms with Gasteiger partial charge in [-0.1, -0.05) is 12.1 Å². The van der Waals surface area contributed by atoms with Crippen LogP contribution in [0.2, 0.25) is 0 Å². The van der Waals surface area contributed by atoms with Crippen LogP contribution in [-0.4, -0.2) is 53.8 Å². The zero-order chi connectivity index (χ0) is 17.2. The molecule has 0 N–H and O–H groups in total. The number of hydrogen-bond acceptors (Lipinski definition) is 6. The highest BCUT2D eigenvalue weighted by atomic mass is 32.2. The van der Waals surface area contributed by atoms with Gasteiger partial charge in [-0.05, 0) is 12.1 Å². The largest absolute Gasteiger partial charge is 0.378 e. The average Bonchev–Trinajstić information content (AvgIpc) is 3.13. The fourth-order valence-electron chi connectivity index (χ4n) is 2.87. The lowest BCUT2D eigenvalue weighted by Crippen LogP contribution is -2.40. The van der Waals surface area contributed by atoms with Gasteiger partial charge in [-0.15, -0.1) is 23.1 Å². The van der Waals surface area contributed by atoms with Crippen LogP contribution in [0, 0.1) is 0 Å². The molecular formula is C17H17N3O3S2. The lowest BCUT2D eigenvalue weighted by Gasteiger charge is -2.28. The van der Waals surface area contributed by atoms with Crippen LogP contribution >= 0.6 is 23.1 Å². The molecule has 6 nitrogen and oxygen atoms in total. The molecular weight excluding hydrogens is 358 g/mol. The quantitative estimate of drug-likeness (QED) is 0.823. The molecule has 130 valence electrons. The molecule has 0 aliphatic carbocycles. The van der Waals surface area contributed by atoms with Gasteiger partial charge in [0.1, 0.15) is 10.7 Å².